The van der Waals surface area contributed by atoms with Crippen LogP contribution in [0.1, 0.15) is 42.1 Å². The highest BCUT2D eigenvalue weighted by atomic mass is 32.1. The topological polar surface area (TPSA) is 45.7 Å². The fourth-order valence-electron chi connectivity index (χ4n) is 3.15. The Morgan fingerprint density at radius 1 is 1.07 bits per heavy atom. The van der Waals surface area contributed by atoms with E-state index in [0.29, 0.717) is 18.7 Å². The number of fused-ring (bicyclic) bond motifs is 1. The molecule has 0 atom stereocenters. The summed E-state index contributed by atoms with van der Waals surface area (Å²) in [6, 6.07) is 13.7. The van der Waals surface area contributed by atoms with Gasteiger partial charge in [0, 0.05) is 12.1 Å². The molecular formula is C24H31N3O2S. The summed E-state index contributed by atoms with van der Waals surface area (Å²) in [5.74, 6) is 0.777. The second-order valence-corrected chi connectivity index (χ2v) is 8.82. The molecule has 1 heterocycles. The minimum atomic E-state index is -0.0235. The summed E-state index contributed by atoms with van der Waals surface area (Å²) < 4.78 is 6.83. The van der Waals surface area contributed by atoms with Crippen LogP contribution in [0.4, 0.5) is 5.13 Å². The number of ether oxygens (including phenoxy) is 1. The molecule has 1 amide bonds. The van der Waals surface area contributed by atoms with Crippen LogP contribution < -0.4 is 9.64 Å². The number of aryl methyl sites for hydroxylation is 1. The molecule has 0 aliphatic heterocycles. The number of hydrogen-bond acceptors (Lipinski definition) is 5. The molecule has 0 fully saturated rings. The lowest BCUT2D eigenvalue weighted by atomic mass is 10.2. The minimum absolute atomic E-state index is 0.0235. The number of amides is 1. The third-order valence-corrected chi connectivity index (χ3v) is 5.90. The number of carbonyl (C=O) groups is 1. The van der Waals surface area contributed by atoms with E-state index in [4.69, 9.17) is 9.72 Å². The number of nitrogens with zero attached hydrogens (tertiary/aromatic N) is 3. The van der Waals surface area contributed by atoms with E-state index in [2.05, 4.69) is 30.9 Å². The molecule has 0 N–H and O–H groups in total. The average Bonchev–Trinajstić information content (AvgIpc) is 3.14. The van der Waals surface area contributed by atoms with Gasteiger partial charge < -0.3 is 9.64 Å². The van der Waals surface area contributed by atoms with Crippen LogP contribution in [-0.4, -0.2) is 49.6 Å². The van der Waals surface area contributed by atoms with Crippen LogP contribution >= 0.6 is 11.3 Å². The van der Waals surface area contributed by atoms with Crippen molar-refractivity contribution in [2.75, 3.05) is 38.7 Å². The number of anilines is 1. The normalized spacial score (nSPS) is 11.2. The number of unbranched alkanes of at least 4 members (excludes halogenated alkanes) is 1. The Hall–Kier alpha value is -2.44. The molecule has 3 aromatic rings. The second kappa shape index (κ2) is 10.5. The Bertz CT molecular complexity index is 966. The van der Waals surface area contributed by atoms with E-state index >= 15 is 0 Å². The van der Waals surface area contributed by atoms with Crippen molar-refractivity contribution in [1.29, 1.82) is 0 Å². The van der Waals surface area contributed by atoms with E-state index in [-0.39, 0.29) is 5.91 Å². The molecule has 0 aliphatic rings. The lowest BCUT2D eigenvalue weighted by Gasteiger charge is -2.21. The van der Waals surface area contributed by atoms with Gasteiger partial charge in [0.25, 0.3) is 5.91 Å². The number of aromatic nitrogens is 1. The first kappa shape index (κ1) is 22.2. The molecule has 0 bridgehead atoms. The molecule has 160 valence electrons. The highest BCUT2D eigenvalue weighted by Crippen LogP contribution is 2.30. The quantitative estimate of drug-likeness (QED) is 0.409. The van der Waals surface area contributed by atoms with Crippen molar-refractivity contribution in [3.8, 4) is 5.75 Å². The van der Waals surface area contributed by atoms with Crippen molar-refractivity contribution >= 4 is 32.6 Å². The minimum Gasteiger partial charge on any atom is -0.494 e. The molecule has 0 aliphatic carbocycles. The fourth-order valence-corrected chi connectivity index (χ4v) is 4.24. The summed E-state index contributed by atoms with van der Waals surface area (Å²) >= 11 is 1.57. The van der Waals surface area contributed by atoms with Crippen LogP contribution in [0.25, 0.3) is 10.2 Å². The zero-order valence-electron chi connectivity index (χ0n) is 18.4. The molecule has 1 aromatic heterocycles. The molecule has 0 saturated carbocycles. The fraction of sp³-hybridized carbons (Fsp3) is 0.417. The Balaban J connectivity index is 1.82. The van der Waals surface area contributed by atoms with Gasteiger partial charge in [-0.2, -0.15) is 0 Å². The highest BCUT2D eigenvalue weighted by Gasteiger charge is 2.21. The first-order valence-electron chi connectivity index (χ1n) is 10.5. The van der Waals surface area contributed by atoms with E-state index in [0.717, 1.165) is 46.9 Å². The van der Waals surface area contributed by atoms with Crippen LogP contribution in [0, 0.1) is 6.92 Å². The van der Waals surface area contributed by atoms with Crippen LogP contribution in [0.15, 0.2) is 42.5 Å². The van der Waals surface area contributed by atoms with E-state index < -0.39 is 0 Å². The van der Waals surface area contributed by atoms with Gasteiger partial charge in [-0.15, -0.1) is 0 Å². The lowest BCUT2D eigenvalue weighted by molar-refractivity contribution is 0.0986. The van der Waals surface area contributed by atoms with Gasteiger partial charge in [-0.1, -0.05) is 30.7 Å². The van der Waals surface area contributed by atoms with Crippen molar-refractivity contribution in [1.82, 2.24) is 9.88 Å². The van der Waals surface area contributed by atoms with Gasteiger partial charge in [-0.25, -0.2) is 4.98 Å². The van der Waals surface area contributed by atoms with Crippen LogP contribution in [0.2, 0.25) is 0 Å². The SMILES string of the molecule is CCCCOc1ccc(C(=O)N(CCCN(C)C)c2nc3ccc(C)cc3s2)cc1. The lowest BCUT2D eigenvalue weighted by Crippen LogP contribution is -2.33. The summed E-state index contributed by atoms with van der Waals surface area (Å²) in [4.78, 5) is 22.1. The van der Waals surface area contributed by atoms with Gasteiger partial charge in [0.2, 0.25) is 0 Å². The average molecular weight is 426 g/mol. The van der Waals surface area contributed by atoms with E-state index in [1.807, 2.05) is 49.3 Å². The number of carbonyl (C=O) groups excluding carboxylic acids is 1. The Kier molecular flexibility index (Phi) is 7.82. The van der Waals surface area contributed by atoms with E-state index in [9.17, 15) is 4.79 Å². The van der Waals surface area contributed by atoms with Crippen LogP contribution in [-0.2, 0) is 0 Å². The maximum absolute atomic E-state index is 13.4. The van der Waals surface area contributed by atoms with Crippen molar-refractivity contribution < 1.29 is 9.53 Å². The molecule has 0 unspecified atom stereocenters. The van der Waals surface area contributed by atoms with Gasteiger partial charge in [0.05, 0.1) is 16.8 Å². The Labute approximate surface area is 183 Å². The van der Waals surface area contributed by atoms with E-state index in [1.54, 1.807) is 11.3 Å². The standard InChI is InChI=1S/C24H31N3O2S/c1-5-6-16-29-20-11-9-19(10-12-20)23(28)27(15-7-14-26(3)4)24-25-21-13-8-18(2)17-22(21)30-24/h8-13,17H,5-7,14-16H2,1-4H3. The Morgan fingerprint density at radius 2 is 1.83 bits per heavy atom. The molecular weight excluding hydrogens is 394 g/mol. The maximum atomic E-state index is 13.4. The summed E-state index contributed by atoms with van der Waals surface area (Å²) in [5.41, 5.74) is 2.78. The summed E-state index contributed by atoms with van der Waals surface area (Å²) in [7, 11) is 4.09. The maximum Gasteiger partial charge on any atom is 0.260 e. The molecule has 0 saturated heterocycles. The molecule has 0 spiro atoms. The number of rotatable bonds is 10. The van der Waals surface area contributed by atoms with Gasteiger partial charge in [-0.3, -0.25) is 9.69 Å². The summed E-state index contributed by atoms with van der Waals surface area (Å²) in [6.45, 7) is 6.45. The molecule has 30 heavy (non-hydrogen) atoms. The monoisotopic (exact) mass is 425 g/mol. The second-order valence-electron chi connectivity index (χ2n) is 7.81. The predicted molar refractivity (Wildman–Crippen MR) is 126 cm³/mol. The molecule has 6 heteroatoms. The highest BCUT2D eigenvalue weighted by molar-refractivity contribution is 7.22. The van der Waals surface area contributed by atoms with Crippen LogP contribution in [0.5, 0.6) is 5.75 Å². The van der Waals surface area contributed by atoms with Crippen molar-refractivity contribution in [3.63, 3.8) is 0 Å². The first-order valence-corrected chi connectivity index (χ1v) is 11.4. The smallest absolute Gasteiger partial charge is 0.260 e. The van der Waals surface area contributed by atoms with Crippen LogP contribution in [0.3, 0.4) is 0 Å². The Morgan fingerprint density at radius 3 is 2.53 bits per heavy atom. The number of benzene rings is 2. The zero-order chi connectivity index (χ0) is 21.5. The first-order chi connectivity index (χ1) is 14.5. The van der Waals surface area contributed by atoms with E-state index in [1.165, 1.54) is 5.56 Å². The zero-order valence-corrected chi connectivity index (χ0v) is 19.2. The van der Waals surface area contributed by atoms with Gasteiger partial charge in [0.1, 0.15) is 5.75 Å². The number of thiazole rings is 1. The molecule has 3 rings (SSSR count). The molecule has 2 aromatic carbocycles. The third-order valence-electron chi connectivity index (χ3n) is 4.86. The predicted octanol–water partition coefficient (Wildman–Crippen LogP) is 5.38. The van der Waals surface area contributed by atoms with Crippen molar-refractivity contribution in [3.05, 3.63) is 53.6 Å². The van der Waals surface area contributed by atoms with Gasteiger partial charge in [-0.05, 0) is 82.4 Å². The summed E-state index contributed by atoms with van der Waals surface area (Å²) in [5, 5.41) is 0.752. The third kappa shape index (κ3) is 5.80. The number of hydrogen-bond donors (Lipinski definition) is 0. The van der Waals surface area contributed by atoms with Gasteiger partial charge >= 0.3 is 0 Å². The van der Waals surface area contributed by atoms with Crippen molar-refractivity contribution in [2.45, 2.75) is 33.1 Å². The molecule has 5 nitrogen and oxygen atoms in total. The summed E-state index contributed by atoms with van der Waals surface area (Å²) in [6.07, 6.45) is 3.00. The largest absolute Gasteiger partial charge is 0.494 e. The molecule has 0 radical (unpaired) electrons. The van der Waals surface area contributed by atoms with Crippen molar-refractivity contribution in [2.24, 2.45) is 0 Å². The van der Waals surface area contributed by atoms with Gasteiger partial charge in [0.15, 0.2) is 5.13 Å².